The van der Waals surface area contributed by atoms with Gasteiger partial charge in [0, 0.05) is 27.2 Å². The maximum atomic E-state index is 12.4. The van der Waals surface area contributed by atoms with Crippen LogP contribution in [0, 0.1) is 0 Å². The average Bonchev–Trinajstić information content (AvgIpc) is 2.76. The average molecular weight is 302 g/mol. The molecular weight excluding hydrogens is 280 g/mol. The summed E-state index contributed by atoms with van der Waals surface area (Å²) in [5.41, 5.74) is 5.84. The molecule has 0 aliphatic carbocycles. The molecule has 108 valence electrons. The summed E-state index contributed by atoms with van der Waals surface area (Å²) in [6.45, 7) is 2.05. The fourth-order valence-corrected chi connectivity index (χ4v) is 2.97. The molecule has 5 nitrogen and oxygen atoms in total. The van der Waals surface area contributed by atoms with E-state index in [2.05, 4.69) is 18.2 Å². The molecular formula is C12H22N4OS2. The molecule has 0 aliphatic rings. The van der Waals surface area contributed by atoms with Gasteiger partial charge in [-0.15, -0.1) is 0 Å². The molecule has 1 rings (SSSR count). The van der Waals surface area contributed by atoms with E-state index < -0.39 is 0 Å². The third-order valence-corrected chi connectivity index (χ3v) is 4.81. The Morgan fingerprint density at radius 2 is 2.11 bits per heavy atom. The largest absolute Gasteiger partial charge is 0.382 e. The van der Waals surface area contributed by atoms with Crippen LogP contribution in [0.3, 0.4) is 0 Å². The van der Waals surface area contributed by atoms with Gasteiger partial charge in [-0.3, -0.25) is 4.79 Å². The number of hydrogen-bond donors (Lipinski definition) is 1. The number of carbonyl (C=O) groups excluding carboxylic acids is 1. The van der Waals surface area contributed by atoms with Gasteiger partial charge in [0.15, 0.2) is 5.13 Å². The van der Waals surface area contributed by atoms with Crippen molar-refractivity contribution in [3.63, 3.8) is 0 Å². The van der Waals surface area contributed by atoms with Crippen LogP contribution in [0.15, 0.2) is 0 Å². The summed E-state index contributed by atoms with van der Waals surface area (Å²) < 4.78 is 0. The molecule has 0 saturated heterocycles. The molecule has 2 N–H and O–H groups in total. The lowest BCUT2D eigenvalue weighted by molar-refractivity contribution is 0.0747. The van der Waals surface area contributed by atoms with Crippen molar-refractivity contribution in [2.45, 2.75) is 19.4 Å². The number of nitrogen functional groups attached to an aromatic ring is 1. The van der Waals surface area contributed by atoms with E-state index in [1.54, 1.807) is 16.7 Å². The molecule has 19 heavy (non-hydrogen) atoms. The highest BCUT2D eigenvalue weighted by atomic mass is 32.2. The standard InChI is InChI=1S/C12H22N4OS2/c1-8(6-7-18-5)16(4)11(17)9-10(13)14-12(19-9)15(2)3/h8H,6-7,13H2,1-5H3. The molecule has 1 aromatic rings. The van der Waals surface area contributed by atoms with E-state index in [1.165, 1.54) is 11.3 Å². The SMILES string of the molecule is CSCCC(C)N(C)C(=O)c1sc(N(C)C)nc1N. The Morgan fingerprint density at radius 1 is 1.47 bits per heavy atom. The van der Waals surface area contributed by atoms with Crippen molar-refractivity contribution in [3.8, 4) is 0 Å². The van der Waals surface area contributed by atoms with Gasteiger partial charge in [0.05, 0.1) is 0 Å². The summed E-state index contributed by atoms with van der Waals surface area (Å²) in [6, 6.07) is 0.198. The van der Waals surface area contributed by atoms with Crippen molar-refractivity contribution >= 4 is 40.0 Å². The number of aromatic nitrogens is 1. The maximum absolute atomic E-state index is 12.4. The number of hydrogen-bond acceptors (Lipinski definition) is 6. The summed E-state index contributed by atoms with van der Waals surface area (Å²) in [5, 5.41) is 0.756. The van der Waals surface area contributed by atoms with Gasteiger partial charge in [-0.25, -0.2) is 4.98 Å². The summed E-state index contributed by atoms with van der Waals surface area (Å²) in [4.78, 5) is 20.7. The molecule has 7 heteroatoms. The monoisotopic (exact) mass is 302 g/mol. The minimum absolute atomic E-state index is 0.0447. The van der Waals surface area contributed by atoms with Gasteiger partial charge in [-0.05, 0) is 25.4 Å². The molecule has 1 unspecified atom stereocenters. The summed E-state index contributed by atoms with van der Waals surface area (Å²) in [7, 11) is 5.59. The van der Waals surface area contributed by atoms with Crippen LogP contribution < -0.4 is 10.6 Å². The topological polar surface area (TPSA) is 62.5 Å². The van der Waals surface area contributed by atoms with Crippen molar-refractivity contribution in [1.82, 2.24) is 9.88 Å². The Balaban J connectivity index is 2.81. The van der Waals surface area contributed by atoms with Gasteiger partial charge >= 0.3 is 0 Å². The van der Waals surface area contributed by atoms with Crippen LogP contribution in [-0.2, 0) is 0 Å². The van der Waals surface area contributed by atoms with Gasteiger partial charge in [-0.1, -0.05) is 11.3 Å². The zero-order chi connectivity index (χ0) is 14.6. The van der Waals surface area contributed by atoms with E-state index in [9.17, 15) is 4.79 Å². The second-order valence-corrected chi connectivity index (χ2v) is 6.61. The Hall–Kier alpha value is -0.950. The lowest BCUT2D eigenvalue weighted by Crippen LogP contribution is -2.35. The lowest BCUT2D eigenvalue weighted by atomic mass is 10.2. The first-order chi connectivity index (χ1) is 8.88. The Morgan fingerprint density at radius 3 is 2.58 bits per heavy atom. The molecule has 0 fully saturated rings. The first-order valence-corrected chi connectivity index (χ1v) is 8.29. The maximum Gasteiger partial charge on any atom is 0.267 e. The van der Waals surface area contributed by atoms with Crippen LogP contribution >= 0.6 is 23.1 Å². The Kier molecular flexibility index (Phi) is 5.93. The van der Waals surface area contributed by atoms with Crippen LogP contribution in [0.2, 0.25) is 0 Å². The highest BCUT2D eigenvalue weighted by molar-refractivity contribution is 7.98. The zero-order valence-corrected chi connectivity index (χ0v) is 13.8. The van der Waals surface area contributed by atoms with E-state index >= 15 is 0 Å². The quantitative estimate of drug-likeness (QED) is 0.871. The van der Waals surface area contributed by atoms with E-state index in [-0.39, 0.29) is 11.9 Å². The fraction of sp³-hybridized carbons (Fsp3) is 0.667. The molecule has 1 amide bonds. The molecule has 0 aromatic carbocycles. The molecule has 0 spiro atoms. The third kappa shape index (κ3) is 4.01. The van der Waals surface area contributed by atoms with Crippen molar-refractivity contribution in [1.29, 1.82) is 0 Å². The number of carbonyl (C=O) groups is 1. The summed E-state index contributed by atoms with van der Waals surface area (Å²) in [5.74, 6) is 1.32. The van der Waals surface area contributed by atoms with E-state index in [0.29, 0.717) is 10.7 Å². The van der Waals surface area contributed by atoms with Crippen molar-refractivity contribution in [3.05, 3.63) is 4.88 Å². The third-order valence-electron chi connectivity index (χ3n) is 2.94. The molecule has 0 saturated carbocycles. The molecule has 1 heterocycles. The number of nitrogens with zero attached hydrogens (tertiary/aromatic N) is 3. The van der Waals surface area contributed by atoms with Gasteiger partial charge in [-0.2, -0.15) is 11.8 Å². The lowest BCUT2D eigenvalue weighted by Gasteiger charge is -2.24. The second kappa shape index (κ2) is 7.00. The highest BCUT2D eigenvalue weighted by Crippen LogP contribution is 2.28. The predicted molar refractivity (Wildman–Crippen MR) is 85.4 cm³/mol. The van der Waals surface area contributed by atoms with Gasteiger partial charge < -0.3 is 15.5 Å². The van der Waals surface area contributed by atoms with E-state index in [4.69, 9.17) is 5.73 Å². The van der Waals surface area contributed by atoms with Gasteiger partial charge in [0.1, 0.15) is 10.7 Å². The van der Waals surface area contributed by atoms with Crippen LogP contribution in [0.1, 0.15) is 23.0 Å². The van der Waals surface area contributed by atoms with Crippen LogP contribution in [-0.4, -0.2) is 55.0 Å². The van der Waals surface area contributed by atoms with Crippen LogP contribution in [0.25, 0.3) is 0 Å². The predicted octanol–water partition coefficient (Wildman–Crippen LogP) is 2.00. The molecule has 0 bridgehead atoms. The Bertz CT molecular complexity index is 433. The highest BCUT2D eigenvalue weighted by Gasteiger charge is 2.23. The second-order valence-electron chi connectivity index (χ2n) is 4.65. The zero-order valence-electron chi connectivity index (χ0n) is 12.1. The van der Waals surface area contributed by atoms with Crippen LogP contribution in [0.4, 0.5) is 10.9 Å². The minimum Gasteiger partial charge on any atom is -0.382 e. The summed E-state index contributed by atoms with van der Waals surface area (Å²) >= 11 is 3.13. The van der Waals surface area contributed by atoms with Crippen molar-refractivity contribution in [2.24, 2.45) is 0 Å². The molecule has 1 aromatic heterocycles. The minimum atomic E-state index is -0.0447. The molecule has 1 atom stereocenters. The molecule has 0 aliphatic heterocycles. The first kappa shape index (κ1) is 16.1. The van der Waals surface area contributed by atoms with Gasteiger partial charge in [0.25, 0.3) is 5.91 Å². The number of rotatable bonds is 6. The smallest absolute Gasteiger partial charge is 0.267 e. The first-order valence-electron chi connectivity index (χ1n) is 6.08. The number of amides is 1. The number of thioether (sulfide) groups is 1. The van der Waals surface area contributed by atoms with Crippen LogP contribution in [0.5, 0.6) is 0 Å². The van der Waals surface area contributed by atoms with E-state index in [0.717, 1.165) is 17.3 Å². The summed E-state index contributed by atoms with van der Waals surface area (Å²) in [6.07, 6.45) is 3.04. The number of thiazole rings is 1. The fourth-order valence-electron chi connectivity index (χ4n) is 1.51. The number of nitrogens with two attached hydrogens (primary N) is 1. The number of anilines is 2. The normalized spacial score (nSPS) is 12.3. The van der Waals surface area contributed by atoms with Crippen molar-refractivity contribution in [2.75, 3.05) is 43.8 Å². The Labute approximate surface area is 123 Å². The van der Waals surface area contributed by atoms with Crippen molar-refractivity contribution < 1.29 is 4.79 Å². The van der Waals surface area contributed by atoms with E-state index in [1.807, 2.05) is 26.0 Å². The van der Waals surface area contributed by atoms with Gasteiger partial charge in [0.2, 0.25) is 0 Å². The molecule has 0 radical (unpaired) electrons.